The third-order valence-corrected chi connectivity index (χ3v) is 7.44. The van der Waals surface area contributed by atoms with Crippen LogP contribution < -0.4 is 4.90 Å². The molecule has 2 fully saturated rings. The highest BCUT2D eigenvalue weighted by atomic mass is 79.9. The van der Waals surface area contributed by atoms with Crippen molar-refractivity contribution in [1.29, 1.82) is 0 Å². The molecule has 0 saturated carbocycles. The third kappa shape index (κ3) is 3.96. The summed E-state index contributed by atoms with van der Waals surface area (Å²) in [5, 5.41) is 0. The van der Waals surface area contributed by atoms with Crippen molar-refractivity contribution in [2.24, 2.45) is 5.92 Å². The first-order valence-corrected chi connectivity index (χ1v) is 11.5. The van der Waals surface area contributed by atoms with Gasteiger partial charge in [0.25, 0.3) is 0 Å². The normalized spacial score (nSPS) is 24.8. The van der Waals surface area contributed by atoms with Gasteiger partial charge < -0.3 is 9.80 Å². The Kier molecular flexibility index (Phi) is 5.72. The average Bonchev–Trinajstić information content (AvgIpc) is 3.15. The van der Waals surface area contributed by atoms with Crippen molar-refractivity contribution in [2.75, 3.05) is 29.5 Å². The van der Waals surface area contributed by atoms with E-state index in [0.717, 1.165) is 16.6 Å². The van der Waals surface area contributed by atoms with Crippen LogP contribution in [0.25, 0.3) is 0 Å². The number of amides is 2. The Morgan fingerprint density at radius 2 is 2.08 bits per heavy atom. The number of sulfone groups is 1. The van der Waals surface area contributed by atoms with Gasteiger partial charge in [0.15, 0.2) is 9.84 Å². The maximum Gasteiger partial charge on any atom is 0.228 e. The lowest BCUT2D eigenvalue weighted by molar-refractivity contribution is -0.137. The maximum atomic E-state index is 13.1. The molecule has 2 amide bonds. The SMILES string of the molecule is CCCN(C(=O)C1CC(=O)N(c2ccccc2Br)C1)C1CCS(=O)(=O)C1. The number of nitrogens with zero attached hydrogens (tertiary/aromatic N) is 2. The summed E-state index contributed by atoms with van der Waals surface area (Å²) in [5.41, 5.74) is 0.762. The average molecular weight is 443 g/mol. The molecular weight excluding hydrogens is 420 g/mol. The van der Waals surface area contributed by atoms with Gasteiger partial charge in [-0.25, -0.2) is 8.42 Å². The van der Waals surface area contributed by atoms with Gasteiger partial charge in [-0.3, -0.25) is 9.59 Å². The van der Waals surface area contributed by atoms with Crippen LogP contribution in [0.1, 0.15) is 26.2 Å². The van der Waals surface area contributed by atoms with E-state index in [4.69, 9.17) is 0 Å². The Balaban J connectivity index is 1.76. The molecule has 0 aliphatic carbocycles. The number of anilines is 1. The monoisotopic (exact) mass is 442 g/mol. The van der Waals surface area contributed by atoms with E-state index in [-0.39, 0.29) is 35.8 Å². The molecule has 26 heavy (non-hydrogen) atoms. The lowest BCUT2D eigenvalue weighted by Crippen LogP contribution is -2.45. The molecule has 0 bridgehead atoms. The zero-order chi connectivity index (χ0) is 18.9. The predicted octanol–water partition coefficient (Wildman–Crippen LogP) is 2.23. The van der Waals surface area contributed by atoms with Gasteiger partial charge >= 0.3 is 0 Å². The molecule has 2 unspecified atom stereocenters. The summed E-state index contributed by atoms with van der Waals surface area (Å²) >= 11 is 3.46. The molecule has 2 saturated heterocycles. The smallest absolute Gasteiger partial charge is 0.228 e. The van der Waals surface area contributed by atoms with Gasteiger partial charge in [-0.2, -0.15) is 0 Å². The molecule has 142 valence electrons. The third-order valence-electron chi connectivity index (χ3n) is 5.01. The van der Waals surface area contributed by atoms with Crippen LogP contribution in [0.5, 0.6) is 0 Å². The van der Waals surface area contributed by atoms with E-state index in [0.29, 0.717) is 19.5 Å². The van der Waals surface area contributed by atoms with Crippen LogP contribution in [0.2, 0.25) is 0 Å². The molecule has 8 heteroatoms. The molecule has 2 aliphatic heterocycles. The molecule has 0 spiro atoms. The molecule has 1 aromatic carbocycles. The first kappa shape index (κ1) is 19.4. The number of hydrogen-bond acceptors (Lipinski definition) is 4. The van der Waals surface area contributed by atoms with Crippen molar-refractivity contribution in [3.63, 3.8) is 0 Å². The fraction of sp³-hybridized carbons (Fsp3) is 0.556. The fourth-order valence-corrected chi connectivity index (χ4v) is 5.98. The number of halogens is 1. The highest BCUT2D eigenvalue weighted by Gasteiger charge is 2.41. The molecule has 3 rings (SSSR count). The summed E-state index contributed by atoms with van der Waals surface area (Å²) in [6, 6.07) is 7.18. The first-order chi connectivity index (χ1) is 12.3. The number of para-hydroxylation sites is 1. The highest BCUT2D eigenvalue weighted by molar-refractivity contribution is 9.10. The van der Waals surface area contributed by atoms with E-state index in [1.807, 2.05) is 31.2 Å². The summed E-state index contributed by atoms with van der Waals surface area (Å²) in [4.78, 5) is 28.9. The van der Waals surface area contributed by atoms with Crippen molar-refractivity contribution in [3.8, 4) is 0 Å². The van der Waals surface area contributed by atoms with Crippen LogP contribution in [-0.2, 0) is 19.4 Å². The molecular formula is C18H23BrN2O4S. The van der Waals surface area contributed by atoms with Crippen molar-refractivity contribution >= 4 is 43.3 Å². The molecule has 1 aromatic rings. The van der Waals surface area contributed by atoms with E-state index in [9.17, 15) is 18.0 Å². The lowest BCUT2D eigenvalue weighted by atomic mass is 10.0. The number of carbonyl (C=O) groups excluding carboxylic acids is 2. The minimum Gasteiger partial charge on any atom is -0.338 e. The van der Waals surface area contributed by atoms with E-state index < -0.39 is 15.8 Å². The summed E-state index contributed by atoms with van der Waals surface area (Å²) in [5.74, 6) is -0.433. The summed E-state index contributed by atoms with van der Waals surface area (Å²) < 4.78 is 24.4. The number of rotatable bonds is 5. The topological polar surface area (TPSA) is 74.8 Å². The van der Waals surface area contributed by atoms with Crippen molar-refractivity contribution < 1.29 is 18.0 Å². The highest BCUT2D eigenvalue weighted by Crippen LogP contribution is 2.32. The van der Waals surface area contributed by atoms with E-state index in [1.165, 1.54) is 0 Å². The lowest BCUT2D eigenvalue weighted by Gasteiger charge is -2.30. The quantitative estimate of drug-likeness (QED) is 0.700. The van der Waals surface area contributed by atoms with Crippen LogP contribution in [0, 0.1) is 5.92 Å². The second kappa shape index (κ2) is 7.68. The Hall–Kier alpha value is -1.41. The standard InChI is InChI=1S/C18H23BrN2O4S/c1-2-8-20(14-7-9-26(24,25)12-14)18(23)13-10-17(22)21(11-13)16-6-4-3-5-15(16)19/h3-6,13-14H,2,7-12H2,1H3. The van der Waals surface area contributed by atoms with Gasteiger partial charge in [0.05, 0.1) is 23.1 Å². The Morgan fingerprint density at radius 3 is 2.69 bits per heavy atom. The van der Waals surface area contributed by atoms with Gasteiger partial charge in [0, 0.05) is 30.0 Å². The predicted molar refractivity (Wildman–Crippen MR) is 104 cm³/mol. The molecule has 2 atom stereocenters. The Morgan fingerprint density at radius 1 is 1.35 bits per heavy atom. The zero-order valence-electron chi connectivity index (χ0n) is 14.7. The van der Waals surface area contributed by atoms with Crippen LogP contribution in [0.4, 0.5) is 5.69 Å². The van der Waals surface area contributed by atoms with Crippen molar-refractivity contribution in [2.45, 2.75) is 32.2 Å². The van der Waals surface area contributed by atoms with Gasteiger partial charge in [-0.1, -0.05) is 19.1 Å². The van der Waals surface area contributed by atoms with E-state index in [1.54, 1.807) is 9.80 Å². The largest absolute Gasteiger partial charge is 0.338 e. The van der Waals surface area contributed by atoms with E-state index >= 15 is 0 Å². The maximum absolute atomic E-state index is 13.1. The molecule has 0 aromatic heterocycles. The van der Waals surface area contributed by atoms with Gasteiger partial charge in [-0.15, -0.1) is 0 Å². The molecule has 6 nitrogen and oxygen atoms in total. The van der Waals surface area contributed by atoms with Crippen LogP contribution >= 0.6 is 15.9 Å². The summed E-state index contributed by atoms with van der Waals surface area (Å²) in [6.07, 6.45) is 1.42. The summed E-state index contributed by atoms with van der Waals surface area (Å²) in [7, 11) is -3.06. The minimum atomic E-state index is -3.06. The number of hydrogen-bond donors (Lipinski definition) is 0. The minimum absolute atomic E-state index is 0.0351. The van der Waals surface area contributed by atoms with Crippen molar-refractivity contribution in [1.82, 2.24) is 4.90 Å². The fourth-order valence-electron chi connectivity index (χ4n) is 3.75. The van der Waals surface area contributed by atoms with Crippen LogP contribution in [0.3, 0.4) is 0 Å². The summed E-state index contributed by atoms with van der Waals surface area (Å²) in [6.45, 7) is 2.83. The second-order valence-corrected chi connectivity index (χ2v) is 10.0. The Labute approximate surface area is 162 Å². The second-order valence-electron chi connectivity index (χ2n) is 6.95. The molecule has 0 radical (unpaired) electrons. The van der Waals surface area contributed by atoms with Crippen LogP contribution in [-0.4, -0.2) is 55.8 Å². The molecule has 2 aliphatic rings. The number of carbonyl (C=O) groups is 2. The Bertz CT molecular complexity index is 811. The zero-order valence-corrected chi connectivity index (χ0v) is 17.1. The van der Waals surface area contributed by atoms with Gasteiger partial charge in [-0.05, 0) is 40.9 Å². The first-order valence-electron chi connectivity index (χ1n) is 8.88. The van der Waals surface area contributed by atoms with Gasteiger partial charge in [0.1, 0.15) is 0 Å². The van der Waals surface area contributed by atoms with Gasteiger partial charge in [0.2, 0.25) is 11.8 Å². The molecule has 0 N–H and O–H groups in total. The van der Waals surface area contributed by atoms with Crippen molar-refractivity contribution in [3.05, 3.63) is 28.7 Å². The van der Waals surface area contributed by atoms with Crippen LogP contribution in [0.15, 0.2) is 28.7 Å². The number of benzene rings is 1. The molecule has 2 heterocycles. The van der Waals surface area contributed by atoms with E-state index in [2.05, 4.69) is 15.9 Å².